The van der Waals surface area contributed by atoms with Gasteiger partial charge >= 0.3 is 17.9 Å². The van der Waals surface area contributed by atoms with Gasteiger partial charge in [-0.25, -0.2) is 0 Å². The number of nitrogens with zero attached hydrogens (tertiary/aromatic N) is 16. The summed E-state index contributed by atoms with van der Waals surface area (Å²) in [6, 6.07) is 28.7. The summed E-state index contributed by atoms with van der Waals surface area (Å²) in [7, 11) is 1.38. The Hall–Kier alpha value is -10.0. The van der Waals surface area contributed by atoms with Crippen LogP contribution < -0.4 is 5.32 Å². The number of rotatable bonds is 16. The molecule has 4 aromatic carbocycles. The van der Waals surface area contributed by atoms with Gasteiger partial charge in [0.05, 0.1) is 61.7 Å². The van der Waals surface area contributed by atoms with Gasteiger partial charge < -0.3 is 19.5 Å². The number of aryl methyl sites for hydroxylation is 6. The minimum absolute atomic E-state index is 0.0560. The van der Waals surface area contributed by atoms with Crippen molar-refractivity contribution in [1.82, 2.24) is 64.4 Å². The number of amides is 1. The first-order chi connectivity index (χ1) is 58.3. The molecule has 4 aliphatic heterocycles. The lowest BCUT2D eigenvalue weighted by atomic mass is 9.97. The molecule has 0 aliphatic carbocycles. The molecule has 32 heteroatoms. The van der Waals surface area contributed by atoms with Crippen LogP contribution in [-0.2, 0) is 33.4 Å². The molecule has 4 unspecified atom stereocenters. The minimum atomic E-state index is -0.574. The summed E-state index contributed by atoms with van der Waals surface area (Å²) >= 11 is 31.4. The average Bonchev–Trinajstić information content (AvgIpc) is 1.60. The molecule has 0 fully saturated rings. The Balaban J connectivity index is 0.000000141. The first-order valence-corrected chi connectivity index (χ1v) is 45.4. The van der Waals surface area contributed by atoms with Gasteiger partial charge in [-0.2, -0.15) is 0 Å². The molecule has 0 spiro atoms. The molecule has 12 aromatic rings. The highest BCUT2D eigenvalue weighted by atomic mass is 35.5. The predicted molar refractivity (Wildman–Crippen MR) is 493 cm³/mol. The van der Waals surface area contributed by atoms with Crippen LogP contribution in [0.25, 0.3) is 20.0 Å². The fourth-order valence-corrected chi connectivity index (χ4v) is 20.9. The van der Waals surface area contributed by atoms with Crippen LogP contribution in [0.3, 0.4) is 0 Å². The smallest absolute Gasteiger partial charge is 0.308 e. The Labute approximate surface area is 752 Å². The van der Waals surface area contributed by atoms with Crippen molar-refractivity contribution < 1.29 is 33.4 Å². The van der Waals surface area contributed by atoms with E-state index in [1.807, 2.05) is 182 Å². The molecule has 1 amide bonds. The Morgan fingerprint density at radius 1 is 0.390 bits per heavy atom. The number of ether oxygens (including phenoxy) is 3. The molecule has 642 valence electrons. The van der Waals surface area contributed by atoms with Crippen molar-refractivity contribution in [2.75, 3.05) is 7.11 Å². The molecule has 0 saturated heterocycles. The van der Waals surface area contributed by atoms with Crippen LogP contribution in [0.1, 0.15) is 271 Å². The summed E-state index contributed by atoms with van der Waals surface area (Å²) in [4.78, 5) is 75.4. The first kappa shape index (κ1) is 90.7. The predicted octanol–water partition coefficient (Wildman–Crippen LogP) is 21.4. The number of hydrogen-bond acceptors (Lipinski definition) is 23. The molecule has 12 heterocycles. The number of aromatic nitrogens is 12. The van der Waals surface area contributed by atoms with E-state index in [9.17, 15) is 19.2 Å². The molecule has 16 rings (SSSR count). The van der Waals surface area contributed by atoms with E-state index in [2.05, 4.69) is 124 Å². The van der Waals surface area contributed by atoms with E-state index in [1.54, 1.807) is 45.3 Å². The van der Waals surface area contributed by atoms with Crippen molar-refractivity contribution in [3.63, 3.8) is 0 Å². The van der Waals surface area contributed by atoms with Gasteiger partial charge in [-0.15, -0.1) is 86.1 Å². The van der Waals surface area contributed by atoms with Crippen LogP contribution in [0.4, 0.5) is 0 Å². The van der Waals surface area contributed by atoms with Crippen LogP contribution in [0, 0.1) is 69.2 Å². The number of carbonyl (C=O) groups is 4. The molecule has 0 radical (unpaired) electrons. The van der Waals surface area contributed by atoms with E-state index in [0.29, 0.717) is 55.2 Å². The maximum atomic E-state index is 12.8. The lowest BCUT2D eigenvalue weighted by molar-refractivity contribution is -0.155. The van der Waals surface area contributed by atoms with Gasteiger partial charge in [0.25, 0.3) is 0 Å². The molecule has 1 N–H and O–H groups in total. The Kier molecular flexibility index (Phi) is 27.6. The highest BCUT2D eigenvalue weighted by Gasteiger charge is 2.39. The zero-order valence-corrected chi connectivity index (χ0v) is 79.1. The third-order valence-electron chi connectivity index (χ3n) is 21.0. The number of methoxy groups -OCH3 is 1. The SMILES string of the molecule is COC(=O)CC1N=C(c2ccc(Cl)cc2)c2c(sc(C(C)C)c2C)-n2c(C)nnc21.Cc1c(C(C)C)sc2c1C(c1ccc(Cl)cc1)=NC(CC(=O)OC(C)(C)C)c1nnc(C)n1-2.Cc1sc2c(c1C)C(c1ccc(Cl)cc1)=NC(CC(=O)NC(C)C)c1nnc(C)n1-2.Cc1sc2c(c1C)C(c1ccc(Cl)cc1)=NC(CC(=O)OC(C)C)c1nnc(C)n1-2. The fraction of sp³-hybridized carbons (Fsp3) is 0.385. The first-order valence-electron chi connectivity index (χ1n) is 40.6. The van der Waals surface area contributed by atoms with E-state index in [-0.39, 0.29) is 61.6 Å². The molecule has 4 atom stereocenters. The van der Waals surface area contributed by atoms with Crippen LogP contribution in [0.15, 0.2) is 117 Å². The van der Waals surface area contributed by atoms with Gasteiger partial charge in [0.15, 0.2) is 23.3 Å². The topological polar surface area (TPSA) is 280 Å². The quantitative estimate of drug-likeness (QED) is 0.0695. The lowest BCUT2D eigenvalue weighted by Gasteiger charge is -2.21. The fourth-order valence-electron chi connectivity index (χ4n) is 15.3. The lowest BCUT2D eigenvalue weighted by Crippen LogP contribution is -2.31. The maximum absolute atomic E-state index is 12.8. The summed E-state index contributed by atoms with van der Waals surface area (Å²) in [5.41, 5.74) is 15.5. The number of esters is 3. The van der Waals surface area contributed by atoms with Crippen LogP contribution in [0.5, 0.6) is 0 Å². The van der Waals surface area contributed by atoms with Crippen molar-refractivity contribution in [2.24, 2.45) is 20.0 Å². The second kappa shape index (κ2) is 37.4. The molecular weight excluding hydrogens is 1710 g/mol. The largest absolute Gasteiger partial charge is 0.469 e. The molecule has 0 saturated carbocycles. The summed E-state index contributed by atoms with van der Waals surface area (Å²) < 4.78 is 24.1. The Morgan fingerprint density at radius 2 is 0.667 bits per heavy atom. The molecule has 24 nitrogen and oxygen atoms in total. The number of thiophene rings is 4. The van der Waals surface area contributed by atoms with Crippen LogP contribution in [0.2, 0.25) is 20.1 Å². The zero-order chi connectivity index (χ0) is 88.8. The van der Waals surface area contributed by atoms with E-state index in [4.69, 9.17) is 80.6 Å². The zero-order valence-electron chi connectivity index (χ0n) is 72.8. The van der Waals surface area contributed by atoms with E-state index < -0.39 is 29.8 Å². The standard InChI is InChI=1S/C25H29ClN4O2S.C22H24ClN5OS.2C22H23ClN4O2S/c1-13(2)22-14(3)20-21(16-8-10-17(26)11-9-16)27-18(12-19(31)32-25(5,6)7)23-29-28-15(4)30(23)24(20)33-22;1-11(2)24-18(29)10-17-21-27-26-14(5)28(21)22-19(12(3)13(4)30-22)20(25-17)15-6-8-16(23)9-7-15;1-11(2)20-12(3)18-19(14-6-8-15(23)9-7-14)24-16(10-17(28)29-5)21-26-25-13(4)27(21)22(18)30-20;1-11(2)29-18(28)10-17-21-26-25-14(5)27(21)22-19(12(3)13(4)30-22)20(24-17)15-6-8-16(23)9-7-15/h8-11,13,18H,12H2,1-7H3;6-9,11,17H,10H2,1-5H3,(H,24,29);6-9,11,16H,10H2,1-5H3;6-9,11,17H,10H2,1-5H3. The van der Waals surface area contributed by atoms with Gasteiger partial charge in [-0.1, -0.05) is 123 Å². The van der Waals surface area contributed by atoms with Crippen LogP contribution >= 0.6 is 91.8 Å². The van der Waals surface area contributed by atoms with E-state index >= 15 is 0 Å². The summed E-state index contributed by atoms with van der Waals surface area (Å²) in [6.45, 7) is 42.3. The summed E-state index contributed by atoms with van der Waals surface area (Å²) in [5.74, 6) is 5.47. The van der Waals surface area contributed by atoms with Gasteiger partial charge in [0.1, 0.15) is 73.1 Å². The van der Waals surface area contributed by atoms with E-state index in [0.717, 1.165) is 116 Å². The number of nitrogens with one attached hydrogen (secondary N) is 1. The molecule has 8 aromatic heterocycles. The highest BCUT2D eigenvalue weighted by molar-refractivity contribution is 7.16. The van der Waals surface area contributed by atoms with Crippen molar-refractivity contribution >= 4 is 138 Å². The Bertz CT molecular complexity index is 5960. The number of aliphatic imine (C=N–C) groups is 4. The van der Waals surface area contributed by atoms with Crippen molar-refractivity contribution in [3.05, 3.63) is 250 Å². The number of hydrogen-bond donors (Lipinski definition) is 1. The number of carbonyl (C=O) groups excluding carboxylic acids is 4. The number of halogens is 4. The Morgan fingerprint density at radius 3 is 0.943 bits per heavy atom. The second-order valence-electron chi connectivity index (χ2n) is 32.8. The average molecular weight is 1810 g/mol. The number of fused-ring (bicyclic) bond motifs is 12. The summed E-state index contributed by atoms with van der Waals surface area (Å²) in [6.07, 6.45) is 0.295. The van der Waals surface area contributed by atoms with Gasteiger partial charge in [0.2, 0.25) is 5.91 Å². The molecule has 4 aliphatic rings. The molecule has 123 heavy (non-hydrogen) atoms. The van der Waals surface area contributed by atoms with Crippen molar-refractivity contribution in [3.8, 4) is 20.0 Å². The third-order valence-corrected chi connectivity index (χ3v) is 27.5. The van der Waals surface area contributed by atoms with Crippen molar-refractivity contribution in [2.45, 2.75) is 225 Å². The summed E-state index contributed by atoms with van der Waals surface area (Å²) in [5, 5.41) is 44.7. The van der Waals surface area contributed by atoms with Crippen molar-refractivity contribution in [1.29, 1.82) is 0 Å². The van der Waals surface area contributed by atoms with Gasteiger partial charge in [-0.05, 0) is 200 Å². The normalized spacial score (nSPS) is 15.5. The third kappa shape index (κ3) is 19.3. The monoisotopic (exact) mass is 1810 g/mol. The maximum Gasteiger partial charge on any atom is 0.308 e. The molecule has 0 bridgehead atoms. The van der Waals surface area contributed by atoms with Gasteiger partial charge in [-0.3, -0.25) is 57.4 Å². The highest BCUT2D eigenvalue weighted by Crippen LogP contribution is 2.47. The van der Waals surface area contributed by atoms with E-state index in [1.165, 1.54) is 43.3 Å². The van der Waals surface area contributed by atoms with Gasteiger partial charge in [0, 0.05) is 90.1 Å². The van der Waals surface area contributed by atoms with Crippen LogP contribution in [-0.4, -0.2) is 131 Å². The molecular formula is C91H99Cl4N17O7S4. The minimum Gasteiger partial charge on any atom is -0.469 e. The number of benzene rings is 4. The second-order valence-corrected chi connectivity index (χ2v) is 39.0.